The van der Waals surface area contributed by atoms with E-state index in [9.17, 15) is 0 Å². The van der Waals surface area contributed by atoms with Crippen LogP contribution in [0.15, 0.2) is 12.1 Å². The molecule has 0 radical (unpaired) electrons. The van der Waals surface area contributed by atoms with Crippen LogP contribution in [0.5, 0.6) is 0 Å². The molecule has 0 amide bonds. The number of rotatable bonds is 5. The lowest BCUT2D eigenvalue weighted by Gasteiger charge is -2.35. The third-order valence-electron chi connectivity index (χ3n) is 4.15. The highest BCUT2D eigenvalue weighted by atomic mass is 15.1. The van der Waals surface area contributed by atoms with Crippen molar-refractivity contribution in [2.45, 2.75) is 52.0 Å². The van der Waals surface area contributed by atoms with Gasteiger partial charge in [-0.05, 0) is 68.5 Å². The van der Waals surface area contributed by atoms with E-state index in [0.29, 0.717) is 6.04 Å². The second kappa shape index (κ2) is 6.29. The predicted molar refractivity (Wildman–Crippen MR) is 83.2 cm³/mol. The SMILES string of the molecule is CCCN(CCC)C1CCc2cc(N)c(N)cc2C1. The van der Waals surface area contributed by atoms with E-state index >= 15 is 0 Å². The molecule has 3 heteroatoms. The van der Waals surface area contributed by atoms with Gasteiger partial charge in [-0.3, -0.25) is 0 Å². The minimum Gasteiger partial charge on any atom is -0.397 e. The van der Waals surface area contributed by atoms with Gasteiger partial charge in [-0.25, -0.2) is 0 Å². The number of anilines is 2. The standard InChI is InChI=1S/C16H27N3/c1-3-7-19(8-4-2)14-6-5-12-10-15(17)16(18)11-13(12)9-14/h10-11,14H,3-9,17-18H2,1-2H3. The summed E-state index contributed by atoms with van der Waals surface area (Å²) in [6.07, 6.45) is 5.96. The minimum absolute atomic E-state index is 0.676. The molecule has 4 N–H and O–H groups in total. The number of nitrogen functional groups attached to an aromatic ring is 2. The number of benzene rings is 1. The Morgan fingerprint density at radius 1 is 1.05 bits per heavy atom. The second-order valence-electron chi connectivity index (χ2n) is 5.68. The number of hydrogen-bond donors (Lipinski definition) is 2. The quantitative estimate of drug-likeness (QED) is 0.801. The van der Waals surface area contributed by atoms with Crippen LogP contribution in [0, 0.1) is 0 Å². The topological polar surface area (TPSA) is 55.3 Å². The first kappa shape index (κ1) is 14.2. The lowest BCUT2D eigenvalue weighted by Crippen LogP contribution is -2.40. The van der Waals surface area contributed by atoms with Gasteiger partial charge in [-0.2, -0.15) is 0 Å². The van der Waals surface area contributed by atoms with E-state index in [4.69, 9.17) is 11.5 Å². The van der Waals surface area contributed by atoms with Gasteiger partial charge in [-0.15, -0.1) is 0 Å². The third-order valence-corrected chi connectivity index (χ3v) is 4.15. The zero-order valence-electron chi connectivity index (χ0n) is 12.3. The summed E-state index contributed by atoms with van der Waals surface area (Å²) in [5, 5.41) is 0. The van der Waals surface area contributed by atoms with Crippen LogP contribution < -0.4 is 11.5 Å². The van der Waals surface area contributed by atoms with Gasteiger partial charge >= 0.3 is 0 Å². The molecule has 3 nitrogen and oxygen atoms in total. The highest BCUT2D eigenvalue weighted by molar-refractivity contribution is 5.66. The third kappa shape index (κ3) is 3.21. The van der Waals surface area contributed by atoms with Crippen LogP contribution in [0.25, 0.3) is 0 Å². The summed E-state index contributed by atoms with van der Waals surface area (Å²) >= 11 is 0. The Morgan fingerprint density at radius 2 is 1.63 bits per heavy atom. The average molecular weight is 261 g/mol. The molecule has 0 saturated carbocycles. The van der Waals surface area contributed by atoms with Gasteiger partial charge in [0.2, 0.25) is 0 Å². The molecule has 1 aliphatic carbocycles. The molecule has 1 unspecified atom stereocenters. The van der Waals surface area contributed by atoms with E-state index in [1.807, 2.05) is 0 Å². The molecular weight excluding hydrogens is 234 g/mol. The molecule has 0 heterocycles. The van der Waals surface area contributed by atoms with Crippen LogP contribution in [0.3, 0.4) is 0 Å². The highest BCUT2D eigenvalue weighted by Gasteiger charge is 2.23. The molecule has 106 valence electrons. The Hall–Kier alpha value is -1.22. The first-order valence-corrected chi connectivity index (χ1v) is 7.56. The number of aryl methyl sites for hydroxylation is 1. The smallest absolute Gasteiger partial charge is 0.0550 e. The van der Waals surface area contributed by atoms with E-state index in [1.54, 1.807) is 0 Å². The maximum Gasteiger partial charge on any atom is 0.0550 e. The van der Waals surface area contributed by atoms with Gasteiger partial charge in [0.05, 0.1) is 11.4 Å². The fourth-order valence-corrected chi connectivity index (χ4v) is 3.19. The summed E-state index contributed by atoms with van der Waals surface area (Å²) in [7, 11) is 0. The van der Waals surface area contributed by atoms with Crippen molar-refractivity contribution >= 4 is 11.4 Å². The first-order valence-electron chi connectivity index (χ1n) is 7.56. The minimum atomic E-state index is 0.676. The molecule has 1 aliphatic rings. The Balaban J connectivity index is 2.14. The van der Waals surface area contributed by atoms with Crippen molar-refractivity contribution in [1.29, 1.82) is 0 Å². The summed E-state index contributed by atoms with van der Waals surface area (Å²) in [5.41, 5.74) is 16.1. The molecule has 0 spiro atoms. The van der Waals surface area contributed by atoms with Crippen LogP contribution >= 0.6 is 0 Å². The van der Waals surface area contributed by atoms with Crippen molar-refractivity contribution in [1.82, 2.24) is 4.90 Å². The molecule has 1 aromatic carbocycles. The van der Waals surface area contributed by atoms with E-state index in [0.717, 1.165) is 24.2 Å². The zero-order chi connectivity index (χ0) is 13.8. The van der Waals surface area contributed by atoms with Crippen molar-refractivity contribution in [2.24, 2.45) is 0 Å². The van der Waals surface area contributed by atoms with Crippen molar-refractivity contribution in [2.75, 3.05) is 24.6 Å². The molecule has 1 atom stereocenters. The van der Waals surface area contributed by atoms with Gasteiger partial charge in [-0.1, -0.05) is 13.8 Å². The summed E-state index contributed by atoms with van der Waals surface area (Å²) in [4.78, 5) is 2.65. The van der Waals surface area contributed by atoms with Crippen molar-refractivity contribution in [3.63, 3.8) is 0 Å². The Kier molecular flexibility index (Phi) is 4.70. The normalized spacial score (nSPS) is 18.6. The van der Waals surface area contributed by atoms with Crippen LogP contribution in [0.2, 0.25) is 0 Å². The van der Waals surface area contributed by atoms with Gasteiger partial charge in [0.15, 0.2) is 0 Å². The number of nitrogens with zero attached hydrogens (tertiary/aromatic N) is 1. The van der Waals surface area contributed by atoms with Crippen molar-refractivity contribution < 1.29 is 0 Å². The van der Waals surface area contributed by atoms with Crippen LogP contribution in [0.1, 0.15) is 44.2 Å². The molecular formula is C16H27N3. The van der Waals surface area contributed by atoms with E-state index < -0.39 is 0 Å². The molecule has 0 fully saturated rings. The van der Waals surface area contributed by atoms with Gasteiger partial charge < -0.3 is 16.4 Å². The molecule has 2 rings (SSSR count). The van der Waals surface area contributed by atoms with Gasteiger partial charge in [0.25, 0.3) is 0 Å². The average Bonchev–Trinajstić information content (AvgIpc) is 2.39. The summed E-state index contributed by atoms with van der Waals surface area (Å²) in [5.74, 6) is 0. The van der Waals surface area contributed by atoms with Gasteiger partial charge in [0, 0.05) is 6.04 Å². The Morgan fingerprint density at radius 3 is 2.21 bits per heavy atom. The number of hydrogen-bond acceptors (Lipinski definition) is 3. The number of fused-ring (bicyclic) bond motifs is 1. The fourth-order valence-electron chi connectivity index (χ4n) is 3.19. The van der Waals surface area contributed by atoms with Crippen molar-refractivity contribution in [3.05, 3.63) is 23.3 Å². The zero-order valence-corrected chi connectivity index (χ0v) is 12.3. The molecule has 0 saturated heterocycles. The maximum absolute atomic E-state index is 5.94. The largest absolute Gasteiger partial charge is 0.397 e. The second-order valence-corrected chi connectivity index (χ2v) is 5.68. The molecule has 0 bridgehead atoms. The highest BCUT2D eigenvalue weighted by Crippen LogP contribution is 2.29. The first-order chi connectivity index (χ1) is 9.15. The van der Waals surface area contributed by atoms with Gasteiger partial charge in [0.1, 0.15) is 0 Å². The molecule has 1 aromatic rings. The van der Waals surface area contributed by atoms with Crippen molar-refractivity contribution in [3.8, 4) is 0 Å². The summed E-state index contributed by atoms with van der Waals surface area (Å²) < 4.78 is 0. The lowest BCUT2D eigenvalue weighted by molar-refractivity contribution is 0.180. The number of nitrogens with two attached hydrogens (primary N) is 2. The monoisotopic (exact) mass is 261 g/mol. The van der Waals surface area contributed by atoms with Crippen LogP contribution in [-0.4, -0.2) is 24.0 Å². The van der Waals surface area contributed by atoms with Crippen LogP contribution in [0.4, 0.5) is 11.4 Å². The maximum atomic E-state index is 5.94. The molecule has 0 aliphatic heterocycles. The predicted octanol–water partition coefficient (Wildman–Crippen LogP) is 2.83. The summed E-state index contributed by atoms with van der Waals surface area (Å²) in [6.45, 7) is 6.94. The fraction of sp³-hybridized carbons (Fsp3) is 0.625. The van der Waals surface area contributed by atoms with E-state index in [-0.39, 0.29) is 0 Å². The van der Waals surface area contributed by atoms with E-state index in [1.165, 1.54) is 43.5 Å². The Labute approximate surface area is 117 Å². The molecule has 19 heavy (non-hydrogen) atoms. The lowest BCUT2D eigenvalue weighted by atomic mass is 9.86. The molecule has 0 aromatic heterocycles. The Bertz CT molecular complexity index is 422. The van der Waals surface area contributed by atoms with E-state index in [2.05, 4.69) is 30.9 Å². The summed E-state index contributed by atoms with van der Waals surface area (Å²) in [6, 6.07) is 4.84. The van der Waals surface area contributed by atoms with Crippen LogP contribution in [-0.2, 0) is 12.8 Å².